The first-order valence-electron chi connectivity index (χ1n) is 8.20. The van der Waals surface area contributed by atoms with E-state index in [9.17, 15) is 0 Å². The summed E-state index contributed by atoms with van der Waals surface area (Å²) in [5.74, 6) is 1.40. The van der Waals surface area contributed by atoms with E-state index in [2.05, 4.69) is 48.5 Å². The first-order chi connectivity index (χ1) is 10.9. The second kappa shape index (κ2) is 5.72. The van der Waals surface area contributed by atoms with Crippen molar-refractivity contribution in [3.63, 3.8) is 0 Å². The van der Waals surface area contributed by atoms with Gasteiger partial charge in [0, 0.05) is 6.54 Å². The van der Waals surface area contributed by atoms with E-state index in [4.69, 9.17) is 10.7 Å². The van der Waals surface area contributed by atoms with Gasteiger partial charge >= 0.3 is 0 Å². The van der Waals surface area contributed by atoms with Crippen LogP contribution in [0.3, 0.4) is 0 Å². The molecule has 23 heavy (non-hydrogen) atoms. The van der Waals surface area contributed by atoms with Gasteiger partial charge in [0.2, 0.25) is 0 Å². The predicted molar refractivity (Wildman–Crippen MR) is 96.8 cm³/mol. The molecule has 0 unspecified atom stereocenters. The number of para-hydroxylation sites is 2. The van der Waals surface area contributed by atoms with E-state index in [1.165, 1.54) is 5.69 Å². The first kappa shape index (κ1) is 15.6. The lowest BCUT2D eigenvalue weighted by Gasteiger charge is -2.19. The molecule has 3 rings (SSSR count). The third kappa shape index (κ3) is 2.96. The Balaban J connectivity index is 2.32. The maximum absolute atomic E-state index is 6.17. The monoisotopic (exact) mass is 311 g/mol. The van der Waals surface area contributed by atoms with Gasteiger partial charge in [-0.3, -0.25) is 4.40 Å². The second-order valence-corrected chi connectivity index (χ2v) is 7.22. The van der Waals surface area contributed by atoms with Crippen molar-refractivity contribution in [1.29, 1.82) is 0 Å². The molecule has 0 atom stereocenters. The van der Waals surface area contributed by atoms with Crippen molar-refractivity contribution in [3.05, 3.63) is 30.0 Å². The molecule has 5 nitrogen and oxygen atoms in total. The van der Waals surface area contributed by atoms with Crippen molar-refractivity contribution in [2.24, 2.45) is 5.41 Å². The molecular formula is C18H25N5. The van der Waals surface area contributed by atoms with Crippen molar-refractivity contribution >= 4 is 28.3 Å². The molecule has 0 saturated carbocycles. The second-order valence-electron chi connectivity index (χ2n) is 7.22. The lowest BCUT2D eigenvalue weighted by Crippen LogP contribution is -2.14. The number of nitrogens with two attached hydrogens (primary N) is 1. The van der Waals surface area contributed by atoms with E-state index in [0.29, 0.717) is 5.82 Å². The Morgan fingerprint density at radius 2 is 1.91 bits per heavy atom. The fourth-order valence-corrected chi connectivity index (χ4v) is 2.86. The summed E-state index contributed by atoms with van der Waals surface area (Å²) in [6.45, 7) is 9.76. The SMILES string of the molecule is CCCNc1nc2c(N)nc3ccccc3n2c1CC(C)(C)C. The molecule has 0 saturated heterocycles. The predicted octanol–water partition coefficient (Wildman–Crippen LogP) is 3.88. The van der Waals surface area contributed by atoms with Crippen molar-refractivity contribution in [1.82, 2.24) is 14.4 Å². The van der Waals surface area contributed by atoms with Crippen LogP contribution in [0, 0.1) is 5.41 Å². The maximum atomic E-state index is 6.17. The number of imidazole rings is 1. The van der Waals surface area contributed by atoms with E-state index in [1.807, 2.05) is 18.2 Å². The zero-order valence-corrected chi connectivity index (χ0v) is 14.3. The maximum Gasteiger partial charge on any atom is 0.182 e. The number of rotatable bonds is 4. The average Bonchev–Trinajstić information content (AvgIpc) is 2.83. The summed E-state index contributed by atoms with van der Waals surface area (Å²) in [6, 6.07) is 8.08. The van der Waals surface area contributed by atoms with Crippen LogP contribution in [0.25, 0.3) is 16.7 Å². The summed E-state index contributed by atoms with van der Waals surface area (Å²) in [4.78, 5) is 9.25. The van der Waals surface area contributed by atoms with Crippen LogP contribution in [-0.2, 0) is 6.42 Å². The van der Waals surface area contributed by atoms with Crippen LogP contribution in [0.4, 0.5) is 11.6 Å². The number of hydrogen-bond donors (Lipinski definition) is 2. The molecule has 122 valence electrons. The lowest BCUT2D eigenvalue weighted by molar-refractivity contribution is 0.406. The highest BCUT2D eigenvalue weighted by Crippen LogP contribution is 2.31. The molecule has 0 radical (unpaired) electrons. The number of hydrogen-bond acceptors (Lipinski definition) is 4. The Morgan fingerprint density at radius 1 is 1.17 bits per heavy atom. The van der Waals surface area contributed by atoms with Gasteiger partial charge in [-0.05, 0) is 30.4 Å². The summed E-state index contributed by atoms with van der Waals surface area (Å²) in [7, 11) is 0. The van der Waals surface area contributed by atoms with E-state index >= 15 is 0 Å². The van der Waals surface area contributed by atoms with Crippen LogP contribution in [0.2, 0.25) is 0 Å². The lowest BCUT2D eigenvalue weighted by atomic mass is 9.90. The minimum atomic E-state index is 0.151. The highest BCUT2D eigenvalue weighted by atomic mass is 15.1. The molecule has 0 aliphatic rings. The molecule has 2 aromatic heterocycles. The fraction of sp³-hybridized carbons (Fsp3) is 0.444. The van der Waals surface area contributed by atoms with Gasteiger partial charge in [0.15, 0.2) is 11.5 Å². The summed E-state index contributed by atoms with van der Waals surface area (Å²) in [5.41, 5.74) is 10.2. The summed E-state index contributed by atoms with van der Waals surface area (Å²) < 4.78 is 2.17. The van der Waals surface area contributed by atoms with Crippen molar-refractivity contribution < 1.29 is 0 Å². The van der Waals surface area contributed by atoms with Crippen molar-refractivity contribution in [2.75, 3.05) is 17.6 Å². The Labute approximate surface area is 136 Å². The minimum Gasteiger partial charge on any atom is -0.381 e. The quantitative estimate of drug-likeness (QED) is 0.767. The number of fused-ring (bicyclic) bond motifs is 3. The molecule has 0 bridgehead atoms. The summed E-state index contributed by atoms with van der Waals surface area (Å²) in [5, 5.41) is 3.45. The molecular weight excluding hydrogens is 286 g/mol. The van der Waals surface area contributed by atoms with E-state index in [0.717, 1.165) is 41.9 Å². The van der Waals surface area contributed by atoms with Gasteiger partial charge in [0.25, 0.3) is 0 Å². The molecule has 0 spiro atoms. The Bertz CT molecular complexity index is 842. The minimum absolute atomic E-state index is 0.151. The van der Waals surface area contributed by atoms with Crippen LogP contribution >= 0.6 is 0 Å². The van der Waals surface area contributed by atoms with Crippen LogP contribution in [0.15, 0.2) is 24.3 Å². The topological polar surface area (TPSA) is 68.2 Å². The standard InChI is InChI=1S/C18H25N5/c1-5-10-20-16-14(11-18(2,3)4)23-13-9-7-6-8-12(13)21-15(19)17(23)22-16/h6-9,20H,5,10-11H2,1-4H3,(H2,19,21). The number of benzene rings is 1. The number of nitrogen functional groups attached to an aromatic ring is 1. The van der Waals surface area contributed by atoms with Gasteiger partial charge in [-0.15, -0.1) is 0 Å². The molecule has 0 aliphatic carbocycles. The Morgan fingerprint density at radius 3 is 2.61 bits per heavy atom. The highest BCUT2D eigenvalue weighted by Gasteiger charge is 2.22. The number of nitrogens with one attached hydrogen (secondary N) is 1. The average molecular weight is 311 g/mol. The van der Waals surface area contributed by atoms with Gasteiger partial charge in [0.1, 0.15) is 5.82 Å². The van der Waals surface area contributed by atoms with Crippen molar-refractivity contribution in [3.8, 4) is 0 Å². The Hall–Kier alpha value is -2.30. The van der Waals surface area contributed by atoms with Crippen LogP contribution < -0.4 is 11.1 Å². The van der Waals surface area contributed by atoms with Gasteiger partial charge in [-0.1, -0.05) is 39.8 Å². The molecule has 3 aromatic rings. The van der Waals surface area contributed by atoms with Gasteiger partial charge < -0.3 is 11.1 Å². The molecule has 0 fully saturated rings. The number of aromatic nitrogens is 3. The molecule has 5 heteroatoms. The normalized spacial score (nSPS) is 12.2. The van der Waals surface area contributed by atoms with E-state index < -0.39 is 0 Å². The smallest absolute Gasteiger partial charge is 0.182 e. The third-order valence-electron chi connectivity index (χ3n) is 3.81. The molecule has 0 aliphatic heterocycles. The highest BCUT2D eigenvalue weighted by molar-refractivity contribution is 5.84. The van der Waals surface area contributed by atoms with E-state index in [1.54, 1.807) is 0 Å². The first-order valence-corrected chi connectivity index (χ1v) is 8.20. The molecule has 2 heterocycles. The van der Waals surface area contributed by atoms with Crippen molar-refractivity contribution in [2.45, 2.75) is 40.5 Å². The molecule has 0 amide bonds. The van der Waals surface area contributed by atoms with Crippen LogP contribution in [-0.4, -0.2) is 20.9 Å². The summed E-state index contributed by atoms with van der Waals surface area (Å²) >= 11 is 0. The van der Waals surface area contributed by atoms with Crippen LogP contribution in [0.1, 0.15) is 39.8 Å². The zero-order chi connectivity index (χ0) is 16.6. The van der Waals surface area contributed by atoms with Crippen LogP contribution in [0.5, 0.6) is 0 Å². The Kier molecular flexibility index (Phi) is 3.88. The van der Waals surface area contributed by atoms with Gasteiger partial charge in [-0.2, -0.15) is 0 Å². The van der Waals surface area contributed by atoms with E-state index in [-0.39, 0.29) is 5.41 Å². The third-order valence-corrected chi connectivity index (χ3v) is 3.81. The summed E-state index contributed by atoms with van der Waals surface area (Å²) in [6.07, 6.45) is 1.96. The zero-order valence-electron chi connectivity index (χ0n) is 14.3. The van der Waals surface area contributed by atoms with Gasteiger partial charge in [0.05, 0.1) is 16.7 Å². The molecule has 3 N–H and O–H groups in total. The van der Waals surface area contributed by atoms with Gasteiger partial charge in [-0.25, -0.2) is 9.97 Å². The largest absolute Gasteiger partial charge is 0.381 e. The molecule has 1 aromatic carbocycles. The number of anilines is 2. The fourth-order valence-electron chi connectivity index (χ4n) is 2.86. The number of nitrogens with zero attached hydrogens (tertiary/aromatic N) is 3.